The third-order valence-corrected chi connectivity index (χ3v) is 4.67. The molecule has 2 aromatic heterocycles. The summed E-state index contributed by atoms with van der Waals surface area (Å²) in [5.41, 5.74) is 0. The number of sulfonamides is 1. The van der Waals surface area contributed by atoms with Gasteiger partial charge in [0, 0.05) is 19.8 Å². The molecule has 2 N–H and O–H groups in total. The van der Waals surface area contributed by atoms with Gasteiger partial charge in [0.15, 0.2) is 0 Å². The number of nitrogens with one attached hydrogen (secondary N) is 2. The second kappa shape index (κ2) is 6.64. The zero-order chi connectivity index (χ0) is 15.3. The summed E-state index contributed by atoms with van der Waals surface area (Å²) in [6, 6.07) is 3.14. The van der Waals surface area contributed by atoms with Crippen LogP contribution in [-0.4, -0.2) is 46.5 Å². The topological polar surface area (TPSA) is 104 Å². The lowest BCUT2D eigenvalue weighted by Gasteiger charge is -2.18. The van der Waals surface area contributed by atoms with Gasteiger partial charge in [0.2, 0.25) is 10.0 Å². The number of aromatic nitrogens is 4. The molecule has 2 rings (SSSR count). The highest BCUT2D eigenvalue weighted by atomic mass is 32.2. The molecule has 0 unspecified atom stereocenters. The highest BCUT2D eigenvalue weighted by molar-refractivity contribution is 7.89. The lowest BCUT2D eigenvalue weighted by Crippen LogP contribution is -2.28. The average Bonchev–Trinajstić information content (AvgIpc) is 2.98. The predicted octanol–water partition coefficient (Wildman–Crippen LogP) is 0.842. The zero-order valence-electron chi connectivity index (χ0n) is 11.9. The van der Waals surface area contributed by atoms with Crippen LogP contribution in [0.25, 0.3) is 0 Å². The minimum absolute atomic E-state index is 0.116. The molecular formula is C12H18N6O2S. The number of hydrogen-bond acceptors (Lipinski definition) is 6. The Labute approximate surface area is 123 Å². The molecule has 0 aliphatic rings. The van der Waals surface area contributed by atoms with E-state index in [1.165, 1.54) is 23.7 Å². The largest absolute Gasteiger partial charge is 0.369 e. The van der Waals surface area contributed by atoms with Gasteiger partial charge in [0.05, 0.1) is 6.54 Å². The van der Waals surface area contributed by atoms with Crippen molar-refractivity contribution in [1.82, 2.24) is 24.5 Å². The number of anilines is 1. The van der Waals surface area contributed by atoms with Gasteiger partial charge in [0.1, 0.15) is 22.9 Å². The number of nitrogens with zero attached hydrogens (tertiary/aromatic N) is 4. The van der Waals surface area contributed by atoms with Crippen LogP contribution in [0.3, 0.4) is 0 Å². The second-order valence-electron chi connectivity index (χ2n) is 4.47. The van der Waals surface area contributed by atoms with E-state index < -0.39 is 10.0 Å². The van der Waals surface area contributed by atoms with Crippen LogP contribution in [0.1, 0.15) is 19.2 Å². The van der Waals surface area contributed by atoms with Gasteiger partial charge in [-0.15, -0.1) is 0 Å². The molecule has 0 saturated heterocycles. The Morgan fingerprint density at radius 3 is 2.86 bits per heavy atom. The van der Waals surface area contributed by atoms with Crippen molar-refractivity contribution in [3.8, 4) is 0 Å². The summed E-state index contributed by atoms with van der Waals surface area (Å²) >= 11 is 0. The minimum atomic E-state index is -3.66. The Morgan fingerprint density at radius 1 is 1.38 bits per heavy atom. The SMILES string of the molecule is CCCNc1ncccc1S(=O)(=O)N(C)Cc1ncn[nH]1. The Balaban J connectivity index is 2.26. The fraction of sp³-hybridized carbons (Fsp3) is 0.417. The third-order valence-electron chi connectivity index (χ3n) is 2.84. The summed E-state index contributed by atoms with van der Waals surface area (Å²) in [6.45, 7) is 2.77. The van der Waals surface area contributed by atoms with Crippen molar-refractivity contribution in [3.05, 3.63) is 30.5 Å². The van der Waals surface area contributed by atoms with Crippen molar-refractivity contribution >= 4 is 15.8 Å². The predicted molar refractivity (Wildman–Crippen MR) is 78.1 cm³/mol. The maximum absolute atomic E-state index is 12.6. The van der Waals surface area contributed by atoms with E-state index in [1.807, 2.05) is 6.92 Å². The molecule has 8 nitrogen and oxygen atoms in total. The van der Waals surface area contributed by atoms with Gasteiger partial charge in [-0.2, -0.15) is 9.40 Å². The first kappa shape index (κ1) is 15.4. The smallest absolute Gasteiger partial charge is 0.246 e. The summed E-state index contributed by atoms with van der Waals surface area (Å²) in [4.78, 5) is 8.19. The monoisotopic (exact) mass is 310 g/mol. The van der Waals surface area contributed by atoms with E-state index in [0.717, 1.165) is 6.42 Å². The first-order valence-corrected chi connectivity index (χ1v) is 7.99. The van der Waals surface area contributed by atoms with Crippen LogP contribution in [0.4, 0.5) is 5.82 Å². The van der Waals surface area contributed by atoms with Crippen LogP contribution >= 0.6 is 0 Å². The van der Waals surface area contributed by atoms with Gasteiger partial charge in [-0.05, 0) is 18.6 Å². The van der Waals surface area contributed by atoms with Crippen LogP contribution in [-0.2, 0) is 16.6 Å². The molecule has 0 atom stereocenters. The summed E-state index contributed by atoms with van der Waals surface area (Å²) in [7, 11) is -2.16. The maximum atomic E-state index is 12.6. The van der Waals surface area contributed by atoms with E-state index in [9.17, 15) is 8.42 Å². The van der Waals surface area contributed by atoms with E-state index in [2.05, 4.69) is 25.5 Å². The number of pyridine rings is 1. The van der Waals surface area contributed by atoms with Crippen molar-refractivity contribution in [2.75, 3.05) is 18.9 Å². The molecule has 2 heterocycles. The average molecular weight is 310 g/mol. The second-order valence-corrected chi connectivity index (χ2v) is 6.48. The summed E-state index contributed by atoms with van der Waals surface area (Å²) in [6.07, 6.45) is 3.78. The van der Waals surface area contributed by atoms with Crippen molar-refractivity contribution in [2.45, 2.75) is 24.8 Å². The molecule has 2 aromatic rings. The molecule has 0 aliphatic carbocycles. The quantitative estimate of drug-likeness (QED) is 0.785. The minimum Gasteiger partial charge on any atom is -0.369 e. The molecule has 0 bridgehead atoms. The highest BCUT2D eigenvalue weighted by Crippen LogP contribution is 2.22. The van der Waals surface area contributed by atoms with Gasteiger partial charge in [-0.25, -0.2) is 18.4 Å². The van der Waals surface area contributed by atoms with Crippen LogP contribution in [0.2, 0.25) is 0 Å². The molecule has 0 aliphatic heterocycles. The number of rotatable bonds is 7. The van der Waals surface area contributed by atoms with Gasteiger partial charge < -0.3 is 5.32 Å². The van der Waals surface area contributed by atoms with E-state index in [-0.39, 0.29) is 11.4 Å². The first-order chi connectivity index (χ1) is 10.1. The van der Waals surface area contributed by atoms with Gasteiger partial charge in [-0.3, -0.25) is 5.10 Å². The molecule has 9 heteroatoms. The lowest BCUT2D eigenvalue weighted by molar-refractivity contribution is 0.457. The maximum Gasteiger partial charge on any atom is 0.246 e. The van der Waals surface area contributed by atoms with Crippen LogP contribution < -0.4 is 5.32 Å². The van der Waals surface area contributed by atoms with Crippen LogP contribution in [0.5, 0.6) is 0 Å². The van der Waals surface area contributed by atoms with E-state index >= 15 is 0 Å². The number of hydrogen-bond donors (Lipinski definition) is 2. The summed E-state index contributed by atoms with van der Waals surface area (Å²) < 4.78 is 26.5. The molecule has 114 valence electrons. The van der Waals surface area contributed by atoms with E-state index in [4.69, 9.17) is 0 Å². The summed E-state index contributed by atoms with van der Waals surface area (Å²) in [5.74, 6) is 0.844. The third kappa shape index (κ3) is 3.56. The van der Waals surface area contributed by atoms with E-state index in [0.29, 0.717) is 18.2 Å². The normalized spacial score (nSPS) is 11.8. The van der Waals surface area contributed by atoms with Gasteiger partial charge in [-0.1, -0.05) is 6.92 Å². The van der Waals surface area contributed by atoms with Gasteiger partial charge >= 0.3 is 0 Å². The molecule has 21 heavy (non-hydrogen) atoms. The lowest BCUT2D eigenvalue weighted by atomic mass is 10.4. The van der Waals surface area contributed by atoms with Crippen molar-refractivity contribution in [1.29, 1.82) is 0 Å². The van der Waals surface area contributed by atoms with E-state index in [1.54, 1.807) is 12.3 Å². The molecule has 0 aromatic carbocycles. The van der Waals surface area contributed by atoms with Gasteiger partial charge in [0.25, 0.3) is 0 Å². The molecule has 0 radical (unpaired) electrons. The zero-order valence-corrected chi connectivity index (χ0v) is 12.8. The number of aromatic amines is 1. The van der Waals surface area contributed by atoms with Crippen LogP contribution in [0, 0.1) is 0 Å². The fourth-order valence-electron chi connectivity index (χ4n) is 1.75. The molecular weight excluding hydrogens is 292 g/mol. The Hall–Kier alpha value is -2.00. The number of H-pyrrole nitrogens is 1. The molecule has 0 fully saturated rings. The molecule has 0 amide bonds. The van der Waals surface area contributed by atoms with Crippen molar-refractivity contribution in [3.63, 3.8) is 0 Å². The Bertz CT molecular complexity index is 671. The Morgan fingerprint density at radius 2 is 2.19 bits per heavy atom. The van der Waals surface area contributed by atoms with Crippen molar-refractivity contribution < 1.29 is 8.42 Å². The Kier molecular flexibility index (Phi) is 4.86. The first-order valence-electron chi connectivity index (χ1n) is 6.55. The highest BCUT2D eigenvalue weighted by Gasteiger charge is 2.25. The molecule has 0 saturated carbocycles. The van der Waals surface area contributed by atoms with Crippen molar-refractivity contribution in [2.24, 2.45) is 0 Å². The molecule has 0 spiro atoms. The standard InChI is InChI=1S/C12H18N6O2S/c1-3-6-13-12-10(5-4-7-14-12)21(19,20)18(2)8-11-15-9-16-17-11/h4-5,7,9H,3,6,8H2,1-2H3,(H,13,14)(H,15,16,17). The fourth-order valence-corrected chi connectivity index (χ4v) is 2.99. The summed E-state index contributed by atoms with van der Waals surface area (Å²) in [5, 5.41) is 9.38. The van der Waals surface area contributed by atoms with Crippen LogP contribution in [0.15, 0.2) is 29.6 Å².